The molecule has 0 amide bonds. The zero-order valence-corrected chi connectivity index (χ0v) is 10.1. The summed E-state index contributed by atoms with van der Waals surface area (Å²) in [5, 5.41) is 0. The summed E-state index contributed by atoms with van der Waals surface area (Å²) in [7, 11) is 0. The molecule has 3 heteroatoms. The van der Waals surface area contributed by atoms with Crippen molar-refractivity contribution in [3.05, 3.63) is 35.9 Å². The predicted molar refractivity (Wildman–Crippen MR) is 65.6 cm³/mol. The Morgan fingerprint density at radius 3 is 2.47 bits per heavy atom. The van der Waals surface area contributed by atoms with Crippen LogP contribution in [0.15, 0.2) is 30.3 Å². The number of ketones is 1. The van der Waals surface area contributed by atoms with Crippen molar-refractivity contribution in [2.75, 3.05) is 6.61 Å². The van der Waals surface area contributed by atoms with Crippen LogP contribution in [0, 0.1) is 0 Å². The lowest BCUT2D eigenvalue weighted by Gasteiger charge is -2.03. The summed E-state index contributed by atoms with van der Waals surface area (Å²) in [6.45, 7) is 2.41. The third kappa shape index (κ3) is 5.29. The fourth-order valence-electron chi connectivity index (χ4n) is 1.45. The van der Waals surface area contributed by atoms with Crippen LogP contribution in [0.25, 0.3) is 0 Å². The van der Waals surface area contributed by atoms with Crippen molar-refractivity contribution in [3.8, 4) is 0 Å². The first-order valence-electron chi connectivity index (χ1n) is 5.98. The zero-order valence-electron chi connectivity index (χ0n) is 10.1. The molecule has 1 aromatic rings. The van der Waals surface area contributed by atoms with E-state index in [1.54, 1.807) is 0 Å². The highest BCUT2D eigenvalue weighted by Crippen LogP contribution is 2.01. The molecule has 0 radical (unpaired) electrons. The van der Waals surface area contributed by atoms with Crippen LogP contribution in [-0.4, -0.2) is 18.4 Å². The molecular weight excluding hydrogens is 216 g/mol. The van der Waals surface area contributed by atoms with Gasteiger partial charge < -0.3 is 4.74 Å². The molecule has 0 aliphatic carbocycles. The van der Waals surface area contributed by atoms with E-state index in [1.807, 2.05) is 30.3 Å². The first kappa shape index (κ1) is 13.4. The maximum Gasteiger partial charge on any atom is 0.374 e. The fraction of sp³-hybridized carbons (Fsp3) is 0.429. The maximum atomic E-state index is 11.5. The molecule has 0 spiro atoms. The predicted octanol–water partition coefficient (Wildman–Crippen LogP) is 2.53. The number of benzene rings is 1. The van der Waals surface area contributed by atoms with E-state index in [1.165, 1.54) is 0 Å². The lowest BCUT2D eigenvalue weighted by molar-refractivity contribution is -0.153. The van der Waals surface area contributed by atoms with Crippen LogP contribution in [0.4, 0.5) is 0 Å². The molecule has 0 saturated carbocycles. The molecular formula is C14H18O3. The highest BCUT2D eigenvalue weighted by Gasteiger charge is 2.15. The number of hydrogen-bond donors (Lipinski definition) is 0. The van der Waals surface area contributed by atoms with Gasteiger partial charge in [0.1, 0.15) is 0 Å². The third-order valence-electron chi connectivity index (χ3n) is 2.42. The molecule has 0 aromatic heterocycles. The molecule has 3 nitrogen and oxygen atoms in total. The van der Waals surface area contributed by atoms with Crippen LogP contribution in [0.5, 0.6) is 0 Å². The van der Waals surface area contributed by atoms with Crippen LogP contribution in [0.3, 0.4) is 0 Å². The van der Waals surface area contributed by atoms with E-state index in [0.29, 0.717) is 6.61 Å². The number of carbonyl (C=O) groups is 2. The number of unbranched alkanes of at least 4 members (excludes halogenated alkanes) is 2. The van der Waals surface area contributed by atoms with Gasteiger partial charge in [-0.15, -0.1) is 0 Å². The normalized spacial score (nSPS) is 9.94. The van der Waals surface area contributed by atoms with E-state index in [-0.39, 0.29) is 6.42 Å². The average Bonchev–Trinajstić information content (AvgIpc) is 2.35. The van der Waals surface area contributed by atoms with Crippen molar-refractivity contribution in [1.82, 2.24) is 0 Å². The Morgan fingerprint density at radius 1 is 1.12 bits per heavy atom. The Hall–Kier alpha value is -1.64. The van der Waals surface area contributed by atoms with E-state index in [4.69, 9.17) is 4.74 Å². The van der Waals surface area contributed by atoms with Crippen molar-refractivity contribution in [3.63, 3.8) is 0 Å². The Balaban J connectivity index is 2.30. The fourth-order valence-corrected chi connectivity index (χ4v) is 1.45. The third-order valence-corrected chi connectivity index (χ3v) is 2.42. The monoisotopic (exact) mass is 234 g/mol. The quantitative estimate of drug-likeness (QED) is 0.413. The summed E-state index contributed by atoms with van der Waals surface area (Å²) in [6, 6.07) is 9.20. The van der Waals surface area contributed by atoms with Crippen LogP contribution in [0.2, 0.25) is 0 Å². The minimum absolute atomic E-state index is 0.119. The van der Waals surface area contributed by atoms with Gasteiger partial charge in [0, 0.05) is 6.42 Å². The van der Waals surface area contributed by atoms with E-state index in [9.17, 15) is 9.59 Å². The van der Waals surface area contributed by atoms with Gasteiger partial charge in [-0.3, -0.25) is 4.79 Å². The molecule has 0 bridgehead atoms. The Morgan fingerprint density at radius 2 is 1.82 bits per heavy atom. The van der Waals surface area contributed by atoms with E-state index in [2.05, 4.69) is 6.92 Å². The van der Waals surface area contributed by atoms with Gasteiger partial charge in [0.2, 0.25) is 5.78 Å². The van der Waals surface area contributed by atoms with Crippen LogP contribution < -0.4 is 0 Å². The molecule has 1 rings (SSSR count). The van der Waals surface area contributed by atoms with Gasteiger partial charge in [-0.05, 0) is 12.0 Å². The Kier molecular flexibility index (Phi) is 6.00. The molecule has 92 valence electrons. The standard InChI is InChI=1S/C14H18O3/c1-2-3-7-10-17-14(16)13(15)11-12-8-5-4-6-9-12/h4-6,8-9H,2-3,7,10-11H2,1H3. The summed E-state index contributed by atoms with van der Waals surface area (Å²) in [5.74, 6) is -1.20. The van der Waals surface area contributed by atoms with Gasteiger partial charge >= 0.3 is 5.97 Å². The van der Waals surface area contributed by atoms with Gasteiger partial charge in [0.15, 0.2) is 0 Å². The molecule has 0 aliphatic rings. The van der Waals surface area contributed by atoms with Gasteiger partial charge in [0.05, 0.1) is 6.61 Å². The number of rotatable bonds is 7. The summed E-state index contributed by atoms with van der Waals surface area (Å²) in [6.07, 6.45) is 3.02. The van der Waals surface area contributed by atoms with Gasteiger partial charge in [0.25, 0.3) is 0 Å². The highest BCUT2D eigenvalue weighted by molar-refractivity contribution is 6.34. The molecule has 0 fully saturated rings. The molecule has 0 aliphatic heterocycles. The Labute approximate surface area is 102 Å². The van der Waals surface area contributed by atoms with E-state index >= 15 is 0 Å². The molecule has 0 atom stereocenters. The van der Waals surface area contributed by atoms with Crippen molar-refractivity contribution in [1.29, 1.82) is 0 Å². The minimum Gasteiger partial charge on any atom is -0.460 e. The molecule has 1 aromatic carbocycles. The topological polar surface area (TPSA) is 43.4 Å². The number of hydrogen-bond acceptors (Lipinski definition) is 3. The van der Waals surface area contributed by atoms with Crippen LogP contribution >= 0.6 is 0 Å². The lowest BCUT2D eigenvalue weighted by Crippen LogP contribution is -2.20. The number of esters is 1. The Bertz CT molecular complexity index is 357. The van der Waals surface area contributed by atoms with Gasteiger partial charge in [-0.2, -0.15) is 0 Å². The van der Waals surface area contributed by atoms with Crippen LogP contribution in [0.1, 0.15) is 31.7 Å². The summed E-state index contributed by atoms with van der Waals surface area (Å²) >= 11 is 0. The number of carbonyl (C=O) groups excluding carboxylic acids is 2. The molecule has 0 unspecified atom stereocenters. The first-order valence-corrected chi connectivity index (χ1v) is 5.98. The summed E-state index contributed by atoms with van der Waals surface area (Å²) in [4.78, 5) is 22.8. The van der Waals surface area contributed by atoms with Crippen molar-refractivity contribution in [2.24, 2.45) is 0 Å². The first-order chi connectivity index (χ1) is 8.24. The smallest absolute Gasteiger partial charge is 0.374 e. The molecule has 17 heavy (non-hydrogen) atoms. The van der Waals surface area contributed by atoms with Crippen LogP contribution in [-0.2, 0) is 20.7 Å². The molecule has 0 saturated heterocycles. The minimum atomic E-state index is -0.718. The largest absolute Gasteiger partial charge is 0.460 e. The second kappa shape index (κ2) is 7.60. The summed E-state index contributed by atoms with van der Waals surface area (Å²) < 4.78 is 4.89. The molecule has 0 N–H and O–H groups in total. The second-order valence-electron chi connectivity index (χ2n) is 3.93. The molecule has 0 heterocycles. The number of Topliss-reactive ketones (excluding diaryl/α,β-unsaturated/α-hetero) is 1. The van der Waals surface area contributed by atoms with E-state index < -0.39 is 11.8 Å². The number of ether oxygens (including phenoxy) is 1. The summed E-state index contributed by atoms with van der Waals surface area (Å²) in [5.41, 5.74) is 0.836. The van der Waals surface area contributed by atoms with Gasteiger partial charge in [-0.25, -0.2) is 4.79 Å². The van der Waals surface area contributed by atoms with E-state index in [0.717, 1.165) is 24.8 Å². The highest BCUT2D eigenvalue weighted by atomic mass is 16.5. The maximum absolute atomic E-state index is 11.5. The van der Waals surface area contributed by atoms with Gasteiger partial charge in [-0.1, -0.05) is 50.1 Å². The van der Waals surface area contributed by atoms with Crippen molar-refractivity contribution < 1.29 is 14.3 Å². The van der Waals surface area contributed by atoms with Crippen molar-refractivity contribution >= 4 is 11.8 Å². The lowest BCUT2D eigenvalue weighted by atomic mass is 10.1. The zero-order chi connectivity index (χ0) is 12.5. The van der Waals surface area contributed by atoms with Crippen molar-refractivity contribution in [2.45, 2.75) is 32.6 Å². The second-order valence-corrected chi connectivity index (χ2v) is 3.93. The average molecular weight is 234 g/mol. The SMILES string of the molecule is CCCCCOC(=O)C(=O)Cc1ccccc1.